The van der Waals surface area contributed by atoms with Crippen LogP contribution in [0.25, 0.3) is 0 Å². The van der Waals surface area contributed by atoms with E-state index in [1.54, 1.807) is 12.5 Å². The highest BCUT2D eigenvalue weighted by molar-refractivity contribution is 9.10. The van der Waals surface area contributed by atoms with Gasteiger partial charge in [-0.1, -0.05) is 0 Å². The van der Waals surface area contributed by atoms with Gasteiger partial charge in [-0.25, -0.2) is 9.97 Å². The Kier molecular flexibility index (Phi) is 3.76. The van der Waals surface area contributed by atoms with Crippen LogP contribution in [0.1, 0.15) is 12.8 Å². The smallest absolute Gasteiger partial charge is 0.146 e. The van der Waals surface area contributed by atoms with Gasteiger partial charge >= 0.3 is 0 Å². The van der Waals surface area contributed by atoms with Crippen molar-refractivity contribution in [3.63, 3.8) is 0 Å². The van der Waals surface area contributed by atoms with Crippen molar-refractivity contribution in [2.24, 2.45) is 0 Å². The highest BCUT2D eigenvalue weighted by Crippen LogP contribution is 2.25. The largest absolute Gasteiger partial charge is 0.354 e. The lowest BCUT2D eigenvalue weighted by molar-refractivity contribution is 0.247. The zero-order valence-corrected chi connectivity index (χ0v) is 11.3. The number of hydrogen-bond acceptors (Lipinski definition) is 4. The number of likely N-dealkylation sites (tertiary alicyclic amines) is 1. The maximum Gasteiger partial charge on any atom is 0.146 e. The second-order valence-electron chi connectivity index (χ2n) is 4.36. The Bertz CT molecular complexity index is 358. The summed E-state index contributed by atoms with van der Waals surface area (Å²) in [4.78, 5) is 12.9. The summed E-state index contributed by atoms with van der Waals surface area (Å²) >= 11 is 3.50. The van der Waals surface area contributed by atoms with E-state index in [1.165, 1.54) is 19.4 Å². The third-order valence-corrected chi connectivity index (χ3v) is 3.69. The summed E-state index contributed by atoms with van der Waals surface area (Å²) in [5.74, 6) is 0.982. The maximum absolute atomic E-state index is 4.33. The Hall–Kier alpha value is -0.680. The summed E-state index contributed by atoms with van der Waals surface area (Å²) in [6.07, 6.45) is 5.89. The van der Waals surface area contributed by atoms with E-state index in [4.69, 9.17) is 0 Å². The first-order valence-electron chi connectivity index (χ1n) is 5.55. The van der Waals surface area contributed by atoms with Crippen LogP contribution in [0.15, 0.2) is 17.0 Å². The van der Waals surface area contributed by atoms with Gasteiger partial charge in [0, 0.05) is 25.8 Å². The molecule has 0 aliphatic carbocycles. The van der Waals surface area contributed by atoms with E-state index in [9.17, 15) is 0 Å². The number of likely N-dealkylation sites (N-methyl/N-ethyl adjacent to an activating group) is 2. The predicted octanol–water partition coefficient (Wildman–Crippen LogP) is 1.77. The van der Waals surface area contributed by atoms with Crippen LogP contribution in [0, 0.1) is 0 Å². The van der Waals surface area contributed by atoms with Gasteiger partial charge in [-0.3, -0.25) is 0 Å². The van der Waals surface area contributed by atoms with Crippen molar-refractivity contribution in [1.29, 1.82) is 0 Å². The molecule has 1 aliphatic rings. The van der Waals surface area contributed by atoms with E-state index in [-0.39, 0.29) is 0 Å². The molecule has 5 heteroatoms. The lowest BCUT2D eigenvalue weighted by atomic mass is 10.1. The number of hydrogen-bond donors (Lipinski definition) is 0. The molecule has 2 heterocycles. The highest BCUT2D eigenvalue weighted by atomic mass is 79.9. The highest BCUT2D eigenvalue weighted by Gasteiger charge is 2.23. The van der Waals surface area contributed by atoms with Crippen molar-refractivity contribution in [3.05, 3.63) is 17.0 Å². The lowest BCUT2D eigenvalue weighted by Gasteiger charge is -2.36. The average Bonchev–Trinajstić information content (AvgIpc) is 2.29. The first kappa shape index (κ1) is 11.8. The van der Waals surface area contributed by atoms with Gasteiger partial charge in [-0.05, 0) is 42.4 Å². The fourth-order valence-corrected chi connectivity index (χ4v) is 2.69. The molecule has 2 rings (SSSR count). The summed E-state index contributed by atoms with van der Waals surface area (Å²) in [5, 5.41) is 0. The second kappa shape index (κ2) is 5.10. The van der Waals surface area contributed by atoms with Crippen molar-refractivity contribution in [2.45, 2.75) is 18.9 Å². The van der Waals surface area contributed by atoms with Crippen LogP contribution in [-0.2, 0) is 0 Å². The van der Waals surface area contributed by atoms with Crippen molar-refractivity contribution >= 4 is 21.7 Å². The lowest BCUT2D eigenvalue weighted by Crippen LogP contribution is -2.45. The summed E-state index contributed by atoms with van der Waals surface area (Å²) in [6, 6.07) is 0.546. The molecule has 1 saturated heterocycles. The minimum Gasteiger partial charge on any atom is -0.354 e. The molecule has 1 aromatic heterocycles. The number of rotatable bonds is 2. The minimum absolute atomic E-state index is 0.546. The van der Waals surface area contributed by atoms with E-state index in [0.717, 1.165) is 16.8 Å². The Morgan fingerprint density at radius 1 is 1.56 bits per heavy atom. The van der Waals surface area contributed by atoms with E-state index < -0.39 is 0 Å². The third-order valence-electron chi connectivity index (χ3n) is 3.13. The van der Waals surface area contributed by atoms with E-state index in [2.05, 4.69) is 49.8 Å². The summed E-state index contributed by atoms with van der Waals surface area (Å²) in [6.45, 7) is 2.31. The quantitative estimate of drug-likeness (QED) is 0.829. The summed E-state index contributed by atoms with van der Waals surface area (Å²) in [5.41, 5.74) is 0. The first-order chi connectivity index (χ1) is 7.68. The molecule has 0 amide bonds. The van der Waals surface area contributed by atoms with E-state index in [0.29, 0.717) is 6.04 Å². The molecule has 1 atom stereocenters. The van der Waals surface area contributed by atoms with Gasteiger partial charge in [-0.2, -0.15) is 0 Å². The number of nitrogens with zero attached hydrogens (tertiary/aromatic N) is 4. The molecule has 88 valence electrons. The van der Waals surface area contributed by atoms with Gasteiger partial charge < -0.3 is 9.80 Å². The van der Waals surface area contributed by atoms with Crippen molar-refractivity contribution in [1.82, 2.24) is 14.9 Å². The van der Waals surface area contributed by atoms with Crippen molar-refractivity contribution in [2.75, 3.05) is 32.1 Å². The standard InChI is InChI=1S/C11H17BrN4/c1-15-5-3-4-9(7-15)16(2)11-10(12)6-13-8-14-11/h6,8-9H,3-5,7H2,1-2H3. The van der Waals surface area contributed by atoms with Gasteiger partial charge in [0.1, 0.15) is 12.1 Å². The Balaban J connectivity index is 2.12. The second-order valence-corrected chi connectivity index (χ2v) is 5.22. The van der Waals surface area contributed by atoms with Crippen LogP contribution in [0.5, 0.6) is 0 Å². The molecule has 1 aromatic rings. The Morgan fingerprint density at radius 3 is 3.06 bits per heavy atom. The minimum atomic E-state index is 0.546. The fraction of sp³-hybridized carbons (Fsp3) is 0.636. The van der Waals surface area contributed by atoms with Crippen LogP contribution < -0.4 is 4.90 Å². The zero-order chi connectivity index (χ0) is 11.5. The molecule has 1 aliphatic heterocycles. The molecule has 0 spiro atoms. The van der Waals surface area contributed by atoms with Crippen LogP contribution in [-0.4, -0.2) is 48.1 Å². The van der Waals surface area contributed by atoms with E-state index >= 15 is 0 Å². The molecule has 0 bridgehead atoms. The van der Waals surface area contributed by atoms with Crippen LogP contribution >= 0.6 is 15.9 Å². The molecule has 0 saturated carbocycles. The molecule has 0 N–H and O–H groups in total. The normalized spacial score (nSPS) is 22.1. The number of halogens is 1. The van der Waals surface area contributed by atoms with Gasteiger partial charge in [-0.15, -0.1) is 0 Å². The molecule has 0 aromatic carbocycles. The summed E-state index contributed by atoms with van der Waals surface area (Å²) in [7, 11) is 4.28. The SMILES string of the molecule is CN1CCCC(N(C)c2ncncc2Br)C1. The zero-order valence-electron chi connectivity index (χ0n) is 9.73. The fourth-order valence-electron chi connectivity index (χ4n) is 2.19. The number of anilines is 1. The maximum atomic E-state index is 4.33. The molecule has 16 heavy (non-hydrogen) atoms. The summed E-state index contributed by atoms with van der Waals surface area (Å²) < 4.78 is 0.964. The number of piperidine rings is 1. The van der Waals surface area contributed by atoms with Gasteiger partial charge in [0.2, 0.25) is 0 Å². The first-order valence-corrected chi connectivity index (χ1v) is 6.34. The number of aromatic nitrogens is 2. The molecule has 4 nitrogen and oxygen atoms in total. The average molecular weight is 285 g/mol. The molecular formula is C11H17BrN4. The molecular weight excluding hydrogens is 268 g/mol. The van der Waals surface area contributed by atoms with Crippen LogP contribution in [0.3, 0.4) is 0 Å². The van der Waals surface area contributed by atoms with Gasteiger partial charge in [0.15, 0.2) is 0 Å². The molecule has 0 radical (unpaired) electrons. The third kappa shape index (κ3) is 2.52. The van der Waals surface area contributed by atoms with Gasteiger partial charge in [0.25, 0.3) is 0 Å². The van der Waals surface area contributed by atoms with Crippen LogP contribution in [0.4, 0.5) is 5.82 Å². The van der Waals surface area contributed by atoms with Crippen molar-refractivity contribution in [3.8, 4) is 0 Å². The molecule has 1 unspecified atom stereocenters. The van der Waals surface area contributed by atoms with Crippen molar-refractivity contribution < 1.29 is 0 Å². The van der Waals surface area contributed by atoms with Crippen LogP contribution in [0.2, 0.25) is 0 Å². The Labute approximate surface area is 105 Å². The van der Waals surface area contributed by atoms with Gasteiger partial charge in [0.05, 0.1) is 4.47 Å². The topological polar surface area (TPSA) is 32.3 Å². The molecule has 1 fully saturated rings. The Morgan fingerprint density at radius 2 is 2.38 bits per heavy atom. The van der Waals surface area contributed by atoms with E-state index in [1.807, 2.05) is 0 Å². The predicted molar refractivity (Wildman–Crippen MR) is 68.7 cm³/mol. The monoisotopic (exact) mass is 284 g/mol.